The number of benzene rings is 1. The molecular weight excluding hydrogens is 302 g/mol. The van der Waals surface area contributed by atoms with Crippen LogP contribution < -0.4 is 0 Å². The molecule has 0 bridgehead atoms. The summed E-state index contributed by atoms with van der Waals surface area (Å²) in [5.41, 5.74) is 2.65. The summed E-state index contributed by atoms with van der Waals surface area (Å²) in [6, 6.07) is 7.54. The normalized spacial score (nSPS) is 10.9. The minimum atomic E-state index is 0.667. The zero-order valence-electron chi connectivity index (χ0n) is 8.61. The molecule has 84 valence electrons. The number of rotatable bonds is 1. The summed E-state index contributed by atoms with van der Waals surface area (Å²) in [5, 5.41) is 0.667. The van der Waals surface area contributed by atoms with Crippen LogP contribution in [0, 0.1) is 0 Å². The fourth-order valence-electron chi connectivity index (χ4n) is 1.66. The first-order valence-corrected chi connectivity index (χ1v) is 6.16. The second kappa shape index (κ2) is 4.13. The lowest BCUT2D eigenvalue weighted by molar-refractivity contribution is 1.32. The maximum absolute atomic E-state index is 6.16. The highest BCUT2D eigenvalue weighted by Gasteiger charge is 2.09. The Kier molecular flexibility index (Phi) is 2.61. The number of pyridine rings is 1. The van der Waals surface area contributed by atoms with Crippen LogP contribution in [0.15, 0.2) is 41.1 Å². The monoisotopic (exact) mass is 307 g/mol. The molecule has 5 heteroatoms. The number of fused-ring (bicyclic) bond motifs is 1. The number of halogens is 2. The van der Waals surface area contributed by atoms with Crippen LogP contribution in [0.4, 0.5) is 0 Å². The van der Waals surface area contributed by atoms with E-state index in [0.717, 1.165) is 26.9 Å². The lowest BCUT2D eigenvalue weighted by Gasteiger charge is -2.00. The number of hydrogen-bond donors (Lipinski definition) is 1. The molecule has 0 aliphatic rings. The standard InChI is InChI=1S/C12H7BrClN3/c13-7-1-2-9(14)8(5-7)12-16-10-3-4-15-6-11(10)17-12/h1-6H,(H,16,17). The molecule has 0 saturated heterocycles. The molecule has 0 amide bonds. The third-order valence-electron chi connectivity index (χ3n) is 2.47. The molecule has 0 saturated carbocycles. The highest BCUT2D eigenvalue weighted by atomic mass is 79.9. The highest BCUT2D eigenvalue weighted by molar-refractivity contribution is 9.10. The molecule has 0 atom stereocenters. The third kappa shape index (κ3) is 1.94. The van der Waals surface area contributed by atoms with Gasteiger partial charge in [0.15, 0.2) is 0 Å². The van der Waals surface area contributed by atoms with E-state index in [1.807, 2.05) is 24.3 Å². The highest BCUT2D eigenvalue weighted by Crippen LogP contribution is 2.29. The van der Waals surface area contributed by atoms with Crippen molar-refractivity contribution in [2.24, 2.45) is 0 Å². The largest absolute Gasteiger partial charge is 0.337 e. The van der Waals surface area contributed by atoms with Crippen molar-refractivity contribution in [3.63, 3.8) is 0 Å². The van der Waals surface area contributed by atoms with E-state index >= 15 is 0 Å². The van der Waals surface area contributed by atoms with E-state index < -0.39 is 0 Å². The molecule has 2 aromatic heterocycles. The quantitative estimate of drug-likeness (QED) is 0.737. The Balaban J connectivity index is 2.23. The molecule has 0 aliphatic heterocycles. The molecule has 0 aliphatic carbocycles. The number of nitrogens with zero attached hydrogens (tertiary/aromatic N) is 2. The van der Waals surface area contributed by atoms with Gasteiger partial charge >= 0.3 is 0 Å². The fraction of sp³-hybridized carbons (Fsp3) is 0. The van der Waals surface area contributed by atoms with Gasteiger partial charge in [-0.3, -0.25) is 4.98 Å². The number of H-pyrrole nitrogens is 1. The molecule has 0 fully saturated rings. The van der Waals surface area contributed by atoms with Crippen LogP contribution in [0.3, 0.4) is 0 Å². The van der Waals surface area contributed by atoms with E-state index in [1.165, 1.54) is 0 Å². The molecule has 0 radical (unpaired) electrons. The van der Waals surface area contributed by atoms with Crippen molar-refractivity contribution in [2.75, 3.05) is 0 Å². The zero-order chi connectivity index (χ0) is 11.8. The van der Waals surface area contributed by atoms with E-state index in [9.17, 15) is 0 Å². The predicted molar refractivity (Wildman–Crippen MR) is 72.0 cm³/mol. The summed E-state index contributed by atoms with van der Waals surface area (Å²) in [7, 11) is 0. The van der Waals surface area contributed by atoms with Crippen LogP contribution in [0.2, 0.25) is 5.02 Å². The van der Waals surface area contributed by atoms with Gasteiger partial charge in [0.2, 0.25) is 0 Å². The van der Waals surface area contributed by atoms with Crippen molar-refractivity contribution in [1.29, 1.82) is 0 Å². The van der Waals surface area contributed by atoms with Gasteiger partial charge in [0.05, 0.1) is 22.3 Å². The first kappa shape index (κ1) is 10.7. The average molecular weight is 309 g/mol. The summed E-state index contributed by atoms with van der Waals surface area (Å²) in [4.78, 5) is 11.7. The van der Waals surface area contributed by atoms with Crippen molar-refractivity contribution in [3.05, 3.63) is 46.2 Å². The van der Waals surface area contributed by atoms with Gasteiger partial charge < -0.3 is 4.98 Å². The van der Waals surface area contributed by atoms with Gasteiger partial charge in [-0.25, -0.2) is 4.98 Å². The molecule has 0 unspecified atom stereocenters. The molecule has 1 aromatic carbocycles. The number of hydrogen-bond acceptors (Lipinski definition) is 2. The second-order valence-corrected chi connectivity index (χ2v) is 4.93. The van der Waals surface area contributed by atoms with Gasteiger partial charge in [0.25, 0.3) is 0 Å². The number of aromatic nitrogens is 3. The van der Waals surface area contributed by atoms with Crippen LogP contribution in [-0.2, 0) is 0 Å². The van der Waals surface area contributed by atoms with Crippen molar-refractivity contribution >= 4 is 38.6 Å². The first-order valence-electron chi connectivity index (χ1n) is 4.99. The van der Waals surface area contributed by atoms with Gasteiger partial charge in [-0.15, -0.1) is 0 Å². The number of imidazole rings is 1. The molecule has 3 aromatic rings. The maximum Gasteiger partial charge on any atom is 0.140 e. The van der Waals surface area contributed by atoms with Crippen LogP contribution >= 0.6 is 27.5 Å². The summed E-state index contributed by atoms with van der Waals surface area (Å²) >= 11 is 9.59. The third-order valence-corrected chi connectivity index (χ3v) is 3.29. The molecule has 0 spiro atoms. The van der Waals surface area contributed by atoms with Gasteiger partial charge in [-0.1, -0.05) is 27.5 Å². The first-order chi connectivity index (χ1) is 8.24. The Morgan fingerprint density at radius 3 is 2.94 bits per heavy atom. The summed E-state index contributed by atoms with van der Waals surface area (Å²) in [5.74, 6) is 0.749. The Morgan fingerprint density at radius 2 is 2.12 bits per heavy atom. The van der Waals surface area contributed by atoms with E-state index in [4.69, 9.17) is 11.6 Å². The van der Waals surface area contributed by atoms with Crippen LogP contribution in [0.5, 0.6) is 0 Å². The SMILES string of the molecule is Clc1ccc(Br)cc1-c1nc2ccncc2[nH]1. The van der Waals surface area contributed by atoms with Crippen LogP contribution in [0.1, 0.15) is 0 Å². The second-order valence-electron chi connectivity index (χ2n) is 3.60. The minimum Gasteiger partial charge on any atom is -0.337 e. The molecule has 1 N–H and O–H groups in total. The van der Waals surface area contributed by atoms with E-state index in [2.05, 4.69) is 30.9 Å². The number of nitrogens with one attached hydrogen (secondary N) is 1. The van der Waals surface area contributed by atoms with Crippen molar-refractivity contribution in [3.8, 4) is 11.4 Å². The van der Waals surface area contributed by atoms with Crippen LogP contribution in [0.25, 0.3) is 22.4 Å². The Morgan fingerprint density at radius 1 is 1.24 bits per heavy atom. The van der Waals surface area contributed by atoms with Crippen molar-refractivity contribution in [2.45, 2.75) is 0 Å². The molecule has 3 nitrogen and oxygen atoms in total. The van der Waals surface area contributed by atoms with Crippen LogP contribution in [-0.4, -0.2) is 15.0 Å². The molecule has 3 rings (SSSR count). The van der Waals surface area contributed by atoms with E-state index in [-0.39, 0.29) is 0 Å². The van der Waals surface area contributed by atoms with Crippen molar-refractivity contribution < 1.29 is 0 Å². The van der Waals surface area contributed by atoms with E-state index in [1.54, 1.807) is 12.4 Å². The topological polar surface area (TPSA) is 41.6 Å². The maximum atomic E-state index is 6.16. The van der Waals surface area contributed by atoms with Gasteiger partial charge in [0.1, 0.15) is 5.82 Å². The Labute approximate surface area is 111 Å². The predicted octanol–water partition coefficient (Wildman–Crippen LogP) is 4.04. The summed E-state index contributed by atoms with van der Waals surface area (Å²) < 4.78 is 0.968. The van der Waals surface area contributed by atoms with Crippen molar-refractivity contribution in [1.82, 2.24) is 15.0 Å². The summed E-state index contributed by atoms with van der Waals surface area (Å²) in [6.45, 7) is 0. The molecule has 2 heterocycles. The number of aromatic amines is 1. The fourth-order valence-corrected chi connectivity index (χ4v) is 2.23. The van der Waals surface area contributed by atoms with Gasteiger partial charge in [-0.05, 0) is 24.3 Å². The zero-order valence-corrected chi connectivity index (χ0v) is 11.0. The average Bonchev–Trinajstić information content (AvgIpc) is 2.75. The molecule has 17 heavy (non-hydrogen) atoms. The lowest BCUT2D eigenvalue weighted by Crippen LogP contribution is -1.82. The minimum absolute atomic E-state index is 0.667. The Hall–Kier alpha value is -1.39. The van der Waals surface area contributed by atoms with Gasteiger partial charge in [-0.2, -0.15) is 0 Å². The molecular formula is C12H7BrClN3. The lowest BCUT2D eigenvalue weighted by atomic mass is 10.2. The summed E-state index contributed by atoms with van der Waals surface area (Å²) in [6.07, 6.45) is 3.47. The Bertz CT molecular complexity index is 660. The van der Waals surface area contributed by atoms with Gasteiger partial charge in [0, 0.05) is 16.2 Å². The van der Waals surface area contributed by atoms with E-state index in [0.29, 0.717) is 5.02 Å². The smallest absolute Gasteiger partial charge is 0.140 e.